The maximum Gasteiger partial charge on any atom is 0.200 e. The monoisotopic (exact) mass is 500 g/mol. The largest absolute Gasteiger partial charge is 0.456 e. The second-order valence-corrected chi connectivity index (χ2v) is 9.74. The van der Waals surface area contributed by atoms with Crippen LogP contribution in [0.3, 0.4) is 0 Å². The summed E-state index contributed by atoms with van der Waals surface area (Å²) < 4.78 is 6.16. The molecular weight excluding hydrogens is 476 g/mol. The zero-order chi connectivity index (χ0) is 26.2. The summed E-state index contributed by atoms with van der Waals surface area (Å²) >= 11 is 0. The van der Waals surface area contributed by atoms with Gasteiger partial charge >= 0.3 is 0 Å². The number of rotatable bonds is 4. The molecule has 7 aromatic rings. The topological polar surface area (TPSA) is 30.2 Å². The van der Waals surface area contributed by atoms with Gasteiger partial charge in [0, 0.05) is 0 Å². The third-order valence-electron chi connectivity index (χ3n) is 7.32. The number of benzene rings is 6. The predicted molar refractivity (Wildman–Crippen MR) is 162 cm³/mol. The summed E-state index contributed by atoms with van der Waals surface area (Å²) in [5.41, 5.74) is 9.95. The molecule has 1 aromatic heterocycles. The van der Waals surface area contributed by atoms with E-state index in [0.717, 1.165) is 33.4 Å². The number of hydrogen-bond donors (Lipinski definition) is 0. The highest BCUT2D eigenvalue weighted by molar-refractivity contribution is 5.94. The van der Waals surface area contributed by atoms with E-state index < -0.39 is 0 Å². The van der Waals surface area contributed by atoms with Gasteiger partial charge in [0.25, 0.3) is 0 Å². The smallest absolute Gasteiger partial charge is 0.200 e. The van der Waals surface area contributed by atoms with Gasteiger partial charge in [-0.05, 0) is 68.8 Å². The Morgan fingerprint density at radius 1 is 0.333 bits per heavy atom. The van der Waals surface area contributed by atoms with E-state index in [4.69, 9.17) is 4.42 Å². The highest BCUT2D eigenvalue weighted by Crippen LogP contribution is 2.30. The Labute approximate surface area is 226 Å². The molecule has 0 aliphatic carbocycles. The fraction of sp³-hybridized carbons (Fsp3) is 0. The van der Waals surface area contributed by atoms with Crippen molar-refractivity contribution < 1.29 is 4.42 Å². The molecule has 0 saturated carbocycles. The fourth-order valence-corrected chi connectivity index (χ4v) is 5.19. The molecule has 0 N–H and O–H groups in total. The van der Waals surface area contributed by atoms with Gasteiger partial charge in [0.05, 0.1) is 10.8 Å². The third kappa shape index (κ3) is 4.32. The van der Waals surface area contributed by atoms with Crippen LogP contribution in [0.4, 0.5) is 0 Å². The highest BCUT2D eigenvalue weighted by Gasteiger charge is 2.11. The van der Waals surface area contributed by atoms with Crippen molar-refractivity contribution in [3.05, 3.63) is 156 Å². The molecule has 0 aliphatic rings. The van der Waals surface area contributed by atoms with Crippen LogP contribution in [-0.2, 0) is 0 Å². The van der Waals surface area contributed by atoms with Crippen molar-refractivity contribution in [2.45, 2.75) is 0 Å². The van der Waals surface area contributed by atoms with Crippen LogP contribution >= 0.6 is 0 Å². The molecule has 2 nitrogen and oxygen atoms in total. The van der Waals surface area contributed by atoms with Gasteiger partial charge in [-0.1, -0.05) is 121 Å². The Morgan fingerprint density at radius 3 is 1.03 bits per heavy atom. The third-order valence-corrected chi connectivity index (χ3v) is 7.32. The van der Waals surface area contributed by atoms with Crippen LogP contribution in [0.15, 0.2) is 155 Å². The van der Waals surface area contributed by atoms with Crippen LogP contribution < -0.4 is 5.43 Å². The van der Waals surface area contributed by atoms with Crippen molar-refractivity contribution in [1.82, 2.24) is 0 Å². The van der Waals surface area contributed by atoms with E-state index in [2.05, 4.69) is 72.8 Å². The minimum Gasteiger partial charge on any atom is -0.456 e. The first kappa shape index (κ1) is 22.9. The van der Waals surface area contributed by atoms with E-state index in [0.29, 0.717) is 21.9 Å². The van der Waals surface area contributed by atoms with Gasteiger partial charge in [-0.15, -0.1) is 0 Å². The Hall–Kier alpha value is -5.21. The van der Waals surface area contributed by atoms with Crippen molar-refractivity contribution in [2.75, 3.05) is 0 Å². The summed E-state index contributed by atoms with van der Waals surface area (Å²) in [5.74, 6) is 0. The fourth-order valence-electron chi connectivity index (χ4n) is 5.19. The van der Waals surface area contributed by atoms with Gasteiger partial charge in [0.15, 0.2) is 0 Å². The zero-order valence-corrected chi connectivity index (χ0v) is 21.2. The molecule has 0 radical (unpaired) electrons. The second-order valence-electron chi connectivity index (χ2n) is 9.74. The van der Waals surface area contributed by atoms with Gasteiger partial charge in [0.1, 0.15) is 11.2 Å². The summed E-state index contributed by atoms with van der Waals surface area (Å²) in [6, 6.07) is 49.2. The van der Waals surface area contributed by atoms with E-state index >= 15 is 0 Å². The lowest BCUT2D eigenvalue weighted by atomic mass is 9.98. The Bertz CT molecular complexity index is 1840. The van der Waals surface area contributed by atoms with Crippen molar-refractivity contribution in [3.63, 3.8) is 0 Å². The highest BCUT2D eigenvalue weighted by atomic mass is 16.3. The summed E-state index contributed by atoms with van der Waals surface area (Å²) in [6.07, 6.45) is 0. The van der Waals surface area contributed by atoms with Gasteiger partial charge in [-0.2, -0.15) is 0 Å². The van der Waals surface area contributed by atoms with Crippen molar-refractivity contribution >= 4 is 21.9 Å². The normalized spacial score (nSPS) is 11.2. The summed E-state index contributed by atoms with van der Waals surface area (Å²) in [5, 5.41) is 1.17. The molecule has 0 aliphatic heterocycles. The van der Waals surface area contributed by atoms with Crippen LogP contribution in [0, 0.1) is 0 Å². The molecule has 184 valence electrons. The SMILES string of the molecule is O=c1c2cc(-c3ccc(-c4ccccc4)cc3)ccc2oc2ccc(-c3ccc(-c4ccccc4)cc3)cc12. The molecule has 39 heavy (non-hydrogen) atoms. The maximum absolute atomic E-state index is 13.7. The average molecular weight is 501 g/mol. The molecule has 0 saturated heterocycles. The zero-order valence-electron chi connectivity index (χ0n) is 21.2. The average Bonchev–Trinajstić information content (AvgIpc) is 3.02. The van der Waals surface area contributed by atoms with E-state index in [9.17, 15) is 4.79 Å². The summed E-state index contributed by atoms with van der Waals surface area (Å²) in [7, 11) is 0. The van der Waals surface area contributed by atoms with E-state index in [1.807, 2.05) is 72.8 Å². The van der Waals surface area contributed by atoms with Crippen LogP contribution in [0.5, 0.6) is 0 Å². The first-order valence-electron chi connectivity index (χ1n) is 13.1. The minimum absolute atomic E-state index is 0.0169. The van der Waals surface area contributed by atoms with Crippen molar-refractivity contribution in [1.29, 1.82) is 0 Å². The lowest BCUT2D eigenvalue weighted by molar-refractivity contribution is 0.660. The predicted octanol–water partition coefficient (Wildman–Crippen LogP) is 9.61. The molecule has 0 spiro atoms. The van der Waals surface area contributed by atoms with Crippen molar-refractivity contribution in [2.24, 2.45) is 0 Å². The molecule has 0 bridgehead atoms. The lowest BCUT2D eigenvalue weighted by Gasteiger charge is -2.08. The standard InChI is InChI=1S/C37H24O2/c38-37-33-23-31(29-15-11-27(12-16-29)25-7-3-1-4-8-25)19-21-35(33)39-36-22-20-32(24-34(36)37)30-17-13-28(14-18-30)26-9-5-2-6-10-26/h1-24H. The minimum atomic E-state index is -0.0169. The Balaban J connectivity index is 1.26. The molecule has 2 heteroatoms. The molecule has 0 atom stereocenters. The molecule has 1 heterocycles. The molecule has 7 rings (SSSR count). The summed E-state index contributed by atoms with van der Waals surface area (Å²) in [6.45, 7) is 0. The molecule has 0 fully saturated rings. The van der Waals surface area contributed by atoms with Gasteiger partial charge in [-0.3, -0.25) is 4.79 Å². The first-order chi connectivity index (χ1) is 19.2. The number of hydrogen-bond acceptors (Lipinski definition) is 2. The molecule has 0 amide bonds. The van der Waals surface area contributed by atoms with Crippen LogP contribution in [0.25, 0.3) is 66.4 Å². The maximum atomic E-state index is 13.7. The summed E-state index contributed by atoms with van der Waals surface area (Å²) in [4.78, 5) is 13.7. The van der Waals surface area contributed by atoms with Crippen LogP contribution in [-0.4, -0.2) is 0 Å². The lowest BCUT2D eigenvalue weighted by Crippen LogP contribution is -2.02. The van der Waals surface area contributed by atoms with E-state index in [1.54, 1.807) is 0 Å². The van der Waals surface area contributed by atoms with Gasteiger partial charge < -0.3 is 4.42 Å². The molecular formula is C37H24O2. The van der Waals surface area contributed by atoms with Crippen LogP contribution in [0.1, 0.15) is 0 Å². The number of fused-ring (bicyclic) bond motifs is 2. The molecule has 0 unspecified atom stereocenters. The first-order valence-corrected chi connectivity index (χ1v) is 13.1. The second kappa shape index (κ2) is 9.59. The quantitative estimate of drug-likeness (QED) is 0.225. The van der Waals surface area contributed by atoms with Gasteiger partial charge in [0.2, 0.25) is 5.43 Å². The molecule has 6 aromatic carbocycles. The Morgan fingerprint density at radius 2 is 0.641 bits per heavy atom. The van der Waals surface area contributed by atoms with Gasteiger partial charge in [-0.25, -0.2) is 0 Å². The Kier molecular flexibility index (Phi) is 5.64. The van der Waals surface area contributed by atoms with Crippen LogP contribution in [0.2, 0.25) is 0 Å². The van der Waals surface area contributed by atoms with E-state index in [1.165, 1.54) is 11.1 Å². The van der Waals surface area contributed by atoms with Crippen molar-refractivity contribution in [3.8, 4) is 44.5 Å². The van der Waals surface area contributed by atoms with E-state index in [-0.39, 0.29) is 5.43 Å².